The minimum absolute atomic E-state index is 0.0493. The largest absolute Gasteiger partial charge is 0.370 e. The highest BCUT2D eigenvalue weighted by Crippen LogP contribution is 2.29. The molecule has 0 saturated carbocycles. The normalized spacial score (nSPS) is 14.5. The first-order valence-electron chi connectivity index (χ1n) is 8.20. The van der Waals surface area contributed by atoms with Crippen molar-refractivity contribution in [2.75, 3.05) is 23.3 Å². The highest BCUT2D eigenvalue weighted by atomic mass is 19.1. The minimum Gasteiger partial charge on any atom is -0.370 e. The second-order valence-corrected chi connectivity index (χ2v) is 6.06. The molecule has 1 aliphatic rings. The fraction of sp³-hybridized carbons (Fsp3) is 0.316. The minimum atomic E-state index is -0.392. The summed E-state index contributed by atoms with van der Waals surface area (Å²) >= 11 is 0. The Labute approximate surface area is 140 Å². The number of hydrogen-bond acceptors (Lipinski definition) is 2. The third kappa shape index (κ3) is 4.10. The molecule has 0 unspecified atom stereocenters. The molecule has 0 radical (unpaired) electrons. The molecule has 2 aromatic rings. The lowest BCUT2D eigenvalue weighted by molar-refractivity contribution is -0.115. The zero-order valence-electron chi connectivity index (χ0n) is 13.4. The molecule has 0 atom stereocenters. The predicted octanol–water partition coefficient (Wildman–Crippen LogP) is 4.14. The van der Waals surface area contributed by atoms with Gasteiger partial charge in [-0.3, -0.25) is 4.79 Å². The van der Waals surface area contributed by atoms with E-state index < -0.39 is 5.82 Å². The summed E-state index contributed by atoms with van der Waals surface area (Å²) in [6.45, 7) is 1.80. The van der Waals surface area contributed by atoms with E-state index in [1.165, 1.54) is 30.7 Å². The summed E-state index contributed by atoms with van der Waals surface area (Å²) in [5.41, 5.74) is 1.89. The van der Waals surface area contributed by atoms with Crippen LogP contribution in [0.25, 0.3) is 0 Å². The van der Waals surface area contributed by atoms with E-state index in [4.69, 9.17) is 0 Å². The molecule has 24 heavy (non-hydrogen) atoms. The van der Waals surface area contributed by atoms with Crippen molar-refractivity contribution in [3.63, 3.8) is 0 Å². The molecule has 0 spiro atoms. The summed E-state index contributed by atoms with van der Waals surface area (Å²) in [5.74, 6) is -1.05. The van der Waals surface area contributed by atoms with Crippen LogP contribution in [0.3, 0.4) is 0 Å². The first-order chi connectivity index (χ1) is 11.6. The number of hydrogen-bond donors (Lipinski definition) is 1. The molecule has 1 fully saturated rings. The fourth-order valence-electron chi connectivity index (χ4n) is 3.05. The number of piperidine rings is 1. The maximum Gasteiger partial charge on any atom is 0.228 e. The topological polar surface area (TPSA) is 32.3 Å². The molecular weight excluding hydrogens is 310 g/mol. The van der Waals surface area contributed by atoms with Crippen molar-refractivity contribution in [3.8, 4) is 0 Å². The third-order valence-electron chi connectivity index (χ3n) is 4.18. The standard InChI is InChI=1S/C19H20F2N2O/c20-15-6-4-5-14(11-15)12-19(24)22-17-13-16(21)7-8-18(17)23-9-2-1-3-10-23/h4-8,11,13H,1-3,9-10,12H2,(H,22,24). The average Bonchev–Trinajstić information content (AvgIpc) is 2.55. The first-order valence-corrected chi connectivity index (χ1v) is 8.20. The number of nitrogens with one attached hydrogen (secondary N) is 1. The number of carbonyl (C=O) groups is 1. The highest BCUT2D eigenvalue weighted by molar-refractivity contribution is 5.95. The lowest BCUT2D eigenvalue weighted by Gasteiger charge is -2.30. The Bertz CT molecular complexity index is 727. The maximum absolute atomic E-state index is 13.6. The monoisotopic (exact) mass is 330 g/mol. The summed E-state index contributed by atoms with van der Waals surface area (Å²) in [7, 11) is 0. The van der Waals surface area contributed by atoms with Crippen molar-refractivity contribution in [2.24, 2.45) is 0 Å². The molecule has 1 N–H and O–H groups in total. The third-order valence-corrected chi connectivity index (χ3v) is 4.18. The van der Waals surface area contributed by atoms with Gasteiger partial charge in [-0.1, -0.05) is 12.1 Å². The van der Waals surface area contributed by atoms with Gasteiger partial charge in [0.15, 0.2) is 0 Å². The van der Waals surface area contributed by atoms with Crippen LogP contribution in [0.1, 0.15) is 24.8 Å². The van der Waals surface area contributed by atoms with Gasteiger partial charge in [-0.05, 0) is 55.2 Å². The lowest BCUT2D eigenvalue weighted by Crippen LogP contribution is -2.30. The zero-order chi connectivity index (χ0) is 16.9. The maximum atomic E-state index is 13.6. The number of carbonyl (C=O) groups excluding carboxylic acids is 1. The Hall–Kier alpha value is -2.43. The summed E-state index contributed by atoms with van der Waals surface area (Å²) in [6, 6.07) is 10.4. The molecule has 0 aromatic heterocycles. The molecule has 1 saturated heterocycles. The van der Waals surface area contributed by atoms with E-state index in [0.29, 0.717) is 11.3 Å². The van der Waals surface area contributed by atoms with Crippen molar-refractivity contribution in [2.45, 2.75) is 25.7 Å². The van der Waals surface area contributed by atoms with E-state index in [2.05, 4.69) is 10.2 Å². The smallest absolute Gasteiger partial charge is 0.228 e. The molecule has 0 aliphatic carbocycles. The molecule has 3 nitrogen and oxygen atoms in total. The Morgan fingerprint density at radius 3 is 2.50 bits per heavy atom. The fourth-order valence-corrected chi connectivity index (χ4v) is 3.05. The van der Waals surface area contributed by atoms with Gasteiger partial charge < -0.3 is 10.2 Å². The molecule has 2 aromatic carbocycles. The van der Waals surface area contributed by atoms with Crippen LogP contribution in [0.2, 0.25) is 0 Å². The van der Waals surface area contributed by atoms with Gasteiger partial charge in [0, 0.05) is 13.1 Å². The quantitative estimate of drug-likeness (QED) is 0.914. The van der Waals surface area contributed by atoms with Crippen LogP contribution >= 0.6 is 0 Å². The van der Waals surface area contributed by atoms with Crippen LogP contribution in [0.4, 0.5) is 20.2 Å². The van der Waals surface area contributed by atoms with E-state index in [1.807, 2.05) is 0 Å². The number of nitrogens with zero attached hydrogens (tertiary/aromatic N) is 1. The summed E-state index contributed by atoms with van der Waals surface area (Å²) in [4.78, 5) is 14.4. The second kappa shape index (κ2) is 7.43. The molecule has 5 heteroatoms. The Morgan fingerprint density at radius 2 is 1.75 bits per heavy atom. The van der Waals surface area contributed by atoms with Crippen LogP contribution in [-0.4, -0.2) is 19.0 Å². The van der Waals surface area contributed by atoms with Gasteiger partial charge in [0.1, 0.15) is 11.6 Å². The lowest BCUT2D eigenvalue weighted by atomic mass is 10.1. The van der Waals surface area contributed by atoms with E-state index in [0.717, 1.165) is 31.6 Å². The van der Waals surface area contributed by atoms with Crippen molar-refractivity contribution in [1.82, 2.24) is 0 Å². The highest BCUT2D eigenvalue weighted by Gasteiger charge is 2.16. The number of halogens is 2. The van der Waals surface area contributed by atoms with Crippen LogP contribution in [0.15, 0.2) is 42.5 Å². The van der Waals surface area contributed by atoms with Crippen LogP contribution < -0.4 is 10.2 Å². The Morgan fingerprint density at radius 1 is 1.00 bits per heavy atom. The van der Waals surface area contributed by atoms with Crippen LogP contribution in [0, 0.1) is 11.6 Å². The molecule has 0 bridgehead atoms. The Kier molecular flexibility index (Phi) is 5.08. The molecule has 1 heterocycles. The van der Waals surface area contributed by atoms with Gasteiger partial charge in [0.2, 0.25) is 5.91 Å². The van der Waals surface area contributed by atoms with Gasteiger partial charge in [-0.25, -0.2) is 8.78 Å². The average molecular weight is 330 g/mol. The number of amides is 1. The zero-order valence-corrected chi connectivity index (χ0v) is 13.4. The van der Waals surface area contributed by atoms with Crippen molar-refractivity contribution in [1.29, 1.82) is 0 Å². The van der Waals surface area contributed by atoms with Gasteiger partial charge in [-0.2, -0.15) is 0 Å². The SMILES string of the molecule is O=C(Cc1cccc(F)c1)Nc1cc(F)ccc1N1CCCCC1. The van der Waals surface area contributed by atoms with Crippen molar-refractivity contribution < 1.29 is 13.6 Å². The molecule has 1 aliphatic heterocycles. The van der Waals surface area contributed by atoms with Crippen molar-refractivity contribution >= 4 is 17.3 Å². The van der Waals surface area contributed by atoms with Crippen LogP contribution in [0.5, 0.6) is 0 Å². The van der Waals surface area contributed by atoms with Crippen molar-refractivity contribution in [3.05, 3.63) is 59.7 Å². The van der Waals surface area contributed by atoms with Gasteiger partial charge in [0.25, 0.3) is 0 Å². The van der Waals surface area contributed by atoms with E-state index in [1.54, 1.807) is 18.2 Å². The van der Waals surface area contributed by atoms with Crippen LogP contribution in [-0.2, 0) is 11.2 Å². The molecule has 3 rings (SSSR count). The molecule has 126 valence electrons. The number of anilines is 2. The Balaban J connectivity index is 1.75. The number of benzene rings is 2. The number of rotatable bonds is 4. The summed E-state index contributed by atoms with van der Waals surface area (Å²) < 4.78 is 26.8. The summed E-state index contributed by atoms with van der Waals surface area (Å²) in [6.07, 6.45) is 3.43. The van der Waals surface area contributed by atoms with E-state index in [-0.39, 0.29) is 18.1 Å². The second-order valence-electron chi connectivity index (χ2n) is 6.06. The predicted molar refractivity (Wildman–Crippen MR) is 91.2 cm³/mol. The van der Waals surface area contributed by atoms with E-state index >= 15 is 0 Å². The molecular formula is C19H20F2N2O. The summed E-state index contributed by atoms with van der Waals surface area (Å²) in [5, 5.41) is 2.77. The van der Waals surface area contributed by atoms with Gasteiger partial charge in [0.05, 0.1) is 17.8 Å². The first kappa shape index (κ1) is 16.4. The van der Waals surface area contributed by atoms with Gasteiger partial charge in [-0.15, -0.1) is 0 Å². The van der Waals surface area contributed by atoms with Gasteiger partial charge >= 0.3 is 0 Å². The van der Waals surface area contributed by atoms with E-state index in [9.17, 15) is 13.6 Å². The molecule has 1 amide bonds.